The summed E-state index contributed by atoms with van der Waals surface area (Å²) in [7, 11) is 0. The smallest absolute Gasteiger partial charge is 0.413 e. The Hall–Kier alpha value is -3.39. The molecule has 3 heterocycles. The highest BCUT2D eigenvalue weighted by atomic mass is 16.5. The summed E-state index contributed by atoms with van der Waals surface area (Å²) in [4.78, 5) is 17.2. The van der Waals surface area contributed by atoms with Crippen LogP contribution in [0.4, 0.5) is 10.6 Å². The van der Waals surface area contributed by atoms with Crippen molar-refractivity contribution < 1.29 is 14.3 Å². The van der Waals surface area contributed by atoms with Gasteiger partial charge in [0.15, 0.2) is 0 Å². The van der Waals surface area contributed by atoms with Crippen LogP contribution in [0, 0.1) is 5.92 Å². The average Bonchev–Trinajstić information content (AvgIpc) is 3.38. The van der Waals surface area contributed by atoms with Crippen molar-refractivity contribution in [3.05, 3.63) is 59.1 Å². The molecular formula is C25H29N5O3. The maximum Gasteiger partial charge on any atom is 0.413 e. The number of benzene rings is 1. The number of nitrogens with one attached hydrogen (secondary N) is 1. The summed E-state index contributed by atoms with van der Waals surface area (Å²) >= 11 is 0. The van der Waals surface area contributed by atoms with Gasteiger partial charge in [0.05, 0.1) is 23.3 Å². The van der Waals surface area contributed by atoms with Crippen LogP contribution in [0.15, 0.2) is 42.0 Å². The number of imidazole rings is 1. The number of carbonyl (C=O) groups excluding carboxylic acids is 1. The Morgan fingerprint density at radius 1 is 1.33 bits per heavy atom. The van der Waals surface area contributed by atoms with Crippen molar-refractivity contribution in [1.82, 2.24) is 19.3 Å². The summed E-state index contributed by atoms with van der Waals surface area (Å²) in [6.07, 6.45) is 4.85. The lowest BCUT2D eigenvalue weighted by atomic mass is 9.90. The van der Waals surface area contributed by atoms with Gasteiger partial charge in [0, 0.05) is 24.7 Å². The van der Waals surface area contributed by atoms with Crippen molar-refractivity contribution in [2.75, 3.05) is 11.9 Å². The second-order valence-electron chi connectivity index (χ2n) is 8.72. The Bertz CT molecular complexity index is 1270. The van der Waals surface area contributed by atoms with E-state index in [0.717, 1.165) is 46.7 Å². The molecule has 1 atom stereocenters. The van der Waals surface area contributed by atoms with Gasteiger partial charge in [-0.05, 0) is 43.9 Å². The molecule has 0 bridgehead atoms. The summed E-state index contributed by atoms with van der Waals surface area (Å²) in [5, 5.41) is 7.53. The molecule has 1 N–H and O–H groups in total. The highest BCUT2D eigenvalue weighted by Gasteiger charge is 2.18. The van der Waals surface area contributed by atoms with Crippen LogP contribution in [0.3, 0.4) is 0 Å². The van der Waals surface area contributed by atoms with Gasteiger partial charge in [-0.3, -0.25) is 5.32 Å². The lowest BCUT2D eigenvalue weighted by molar-refractivity contribution is 0.0830. The van der Waals surface area contributed by atoms with E-state index in [4.69, 9.17) is 9.47 Å². The number of hydrogen-bond acceptors (Lipinski definition) is 5. The zero-order valence-electron chi connectivity index (χ0n) is 19.3. The number of fused-ring (bicyclic) bond motifs is 3. The van der Waals surface area contributed by atoms with Crippen LogP contribution in [-0.2, 0) is 35.8 Å². The maximum atomic E-state index is 12.5. The molecule has 0 fully saturated rings. The third kappa shape index (κ3) is 4.30. The number of amides is 1. The number of aromatic nitrogens is 4. The quantitative estimate of drug-likeness (QED) is 0.601. The van der Waals surface area contributed by atoms with Crippen molar-refractivity contribution in [2.24, 2.45) is 5.92 Å². The zero-order valence-corrected chi connectivity index (χ0v) is 19.3. The maximum absolute atomic E-state index is 12.5. The number of allylic oxidation sites excluding steroid dienone is 4. The first-order chi connectivity index (χ1) is 16.0. The molecular weight excluding hydrogens is 418 g/mol. The topological polar surface area (TPSA) is 83.2 Å². The predicted octanol–water partition coefficient (Wildman–Crippen LogP) is 4.90. The minimum atomic E-state index is -0.507. The molecule has 172 valence electrons. The fourth-order valence-electron chi connectivity index (χ4n) is 4.54. The molecule has 0 spiro atoms. The number of carbonyl (C=O) groups is 1. The standard InChI is InChI=1S/C25H29N5O3/c1-4-30-23(13-20(28-30)19-7-5-16(2)11-17(19)3)27-25(31)33-14-18-6-8-22-21(12-18)26-24-15-32-10-9-29(22)24/h5-8,12-13,16H,4,9-11,14-15H2,1-3H3,(H,27,31). The van der Waals surface area contributed by atoms with Crippen LogP contribution in [0.5, 0.6) is 0 Å². The van der Waals surface area contributed by atoms with E-state index in [1.54, 1.807) is 4.68 Å². The minimum Gasteiger partial charge on any atom is -0.444 e. The SMILES string of the molecule is CCn1nc(C2=C(C)CC(C)C=C2)cc1NC(=O)OCc1ccc2c(c1)nc1n2CCOC1. The van der Waals surface area contributed by atoms with Crippen LogP contribution < -0.4 is 5.32 Å². The Morgan fingerprint density at radius 2 is 2.21 bits per heavy atom. The van der Waals surface area contributed by atoms with E-state index in [-0.39, 0.29) is 6.61 Å². The van der Waals surface area contributed by atoms with Crippen LogP contribution in [0.1, 0.15) is 44.3 Å². The summed E-state index contributed by atoms with van der Waals surface area (Å²) < 4.78 is 14.9. The van der Waals surface area contributed by atoms with Crippen molar-refractivity contribution in [3.63, 3.8) is 0 Å². The van der Waals surface area contributed by atoms with Crippen molar-refractivity contribution in [3.8, 4) is 0 Å². The number of hydrogen-bond donors (Lipinski definition) is 1. The Labute approximate surface area is 192 Å². The summed E-state index contributed by atoms with van der Waals surface area (Å²) in [5.74, 6) is 2.10. The Balaban J connectivity index is 1.26. The molecule has 1 aliphatic heterocycles. The number of rotatable bonds is 5. The molecule has 8 heteroatoms. The molecule has 0 saturated heterocycles. The fraction of sp³-hybridized carbons (Fsp3) is 0.400. The summed E-state index contributed by atoms with van der Waals surface area (Å²) in [6, 6.07) is 7.88. The van der Waals surface area contributed by atoms with E-state index in [2.05, 4.69) is 46.0 Å². The van der Waals surface area contributed by atoms with Gasteiger partial charge in [0.2, 0.25) is 0 Å². The molecule has 8 nitrogen and oxygen atoms in total. The average molecular weight is 448 g/mol. The molecule has 33 heavy (non-hydrogen) atoms. The first-order valence-electron chi connectivity index (χ1n) is 11.5. The molecule has 3 aromatic rings. The monoisotopic (exact) mass is 447 g/mol. The molecule has 0 saturated carbocycles. The van der Waals surface area contributed by atoms with Crippen LogP contribution in [0.25, 0.3) is 16.6 Å². The molecule has 2 aliphatic rings. The largest absolute Gasteiger partial charge is 0.444 e. The highest BCUT2D eigenvalue weighted by molar-refractivity contribution is 5.85. The first kappa shape index (κ1) is 21.5. The Kier molecular flexibility index (Phi) is 5.76. The van der Waals surface area contributed by atoms with Gasteiger partial charge in [-0.25, -0.2) is 14.5 Å². The van der Waals surface area contributed by atoms with E-state index in [1.807, 2.05) is 31.2 Å². The summed E-state index contributed by atoms with van der Waals surface area (Å²) in [5.41, 5.74) is 6.16. The van der Waals surface area contributed by atoms with E-state index in [9.17, 15) is 4.79 Å². The van der Waals surface area contributed by atoms with Crippen LogP contribution in [-0.4, -0.2) is 32.0 Å². The predicted molar refractivity (Wildman–Crippen MR) is 127 cm³/mol. The van der Waals surface area contributed by atoms with Crippen molar-refractivity contribution in [2.45, 2.75) is 53.5 Å². The van der Waals surface area contributed by atoms with E-state index in [1.165, 1.54) is 5.57 Å². The third-order valence-electron chi connectivity index (χ3n) is 6.22. The van der Waals surface area contributed by atoms with E-state index >= 15 is 0 Å². The third-order valence-corrected chi connectivity index (χ3v) is 6.22. The van der Waals surface area contributed by atoms with Gasteiger partial charge in [0.1, 0.15) is 24.9 Å². The fourth-order valence-corrected chi connectivity index (χ4v) is 4.54. The normalized spacial score (nSPS) is 18.0. The second-order valence-corrected chi connectivity index (χ2v) is 8.72. The molecule has 1 aromatic carbocycles. The van der Waals surface area contributed by atoms with Gasteiger partial charge in [-0.15, -0.1) is 0 Å². The lowest BCUT2D eigenvalue weighted by Gasteiger charge is -2.15. The van der Waals surface area contributed by atoms with Gasteiger partial charge >= 0.3 is 6.09 Å². The van der Waals surface area contributed by atoms with Gasteiger partial charge < -0.3 is 14.0 Å². The molecule has 1 unspecified atom stereocenters. The van der Waals surface area contributed by atoms with E-state index in [0.29, 0.717) is 31.5 Å². The molecule has 1 aliphatic carbocycles. The number of nitrogens with zero attached hydrogens (tertiary/aromatic N) is 4. The van der Waals surface area contributed by atoms with E-state index < -0.39 is 6.09 Å². The van der Waals surface area contributed by atoms with Crippen molar-refractivity contribution in [1.29, 1.82) is 0 Å². The number of anilines is 1. The van der Waals surface area contributed by atoms with Gasteiger partial charge in [-0.2, -0.15) is 5.10 Å². The lowest BCUT2D eigenvalue weighted by Crippen LogP contribution is -2.16. The first-order valence-corrected chi connectivity index (χ1v) is 11.5. The Morgan fingerprint density at radius 3 is 3.03 bits per heavy atom. The zero-order chi connectivity index (χ0) is 22.9. The van der Waals surface area contributed by atoms with Crippen LogP contribution in [0.2, 0.25) is 0 Å². The molecule has 5 rings (SSSR count). The minimum absolute atomic E-state index is 0.165. The number of aryl methyl sites for hydroxylation is 1. The molecule has 0 radical (unpaired) electrons. The summed E-state index contributed by atoms with van der Waals surface area (Å²) in [6.45, 7) is 9.19. The highest BCUT2D eigenvalue weighted by Crippen LogP contribution is 2.30. The van der Waals surface area contributed by atoms with Gasteiger partial charge in [-0.1, -0.05) is 30.7 Å². The number of ether oxygens (including phenoxy) is 2. The van der Waals surface area contributed by atoms with Crippen molar-refractivity contribution >= 4 is 28.5 Å². The molecule has 1 amide bonds. The van der Waals surface area contributed by atoms with Crippen LogP contribution >= 0.6 is 0 Å². The second kappa shape index (κ2) is 8.86. The van der Waals surface area contributed by atoms with Gasteiger partial charge in [0.25, 0.3) is 0 Å². The molecule has 2 aromatic heterocycles.